The molecule has 1 aromatic carbocycles. The van der Waals surface area contributed by atoms with Gasteiger partial charge in [0, 0.05) is 5.56 Å². The first-order valence-electron chi connectivity index (χ1n) is 6.96. The molecule has 0 aliphatic rings. The van der Waals surface area contributed by atoms with Crippen molar-refractivity contribution in [2.75, 3.05) is 12.4 Å². The van der Waals surface area contributed by atoms with E-state index in [0.717, 1.165) is 0 Å². The highest BCUT2D eigenvalue weighted by atomic mass is 35.5. The molecule has 24 heavy (non-hydrogen) atoms. The van der Waals surface area contributed by atoms with Crippen molar-refractivity contribution in [3.8, 4) is 0 Å². The zero-order valence-corrected chi connectivity index (χ0v) is 13.6. The van der Waals surface area contributed by atoms with Crippen LogP contribution in [0.15, 0.2) is 18.2 Å². The minimum atomic E-state index is -1.55. The number of hydrogen-bond donors (Lipinski definition) is 4. The van der Waals surface area contributed by atoms with Crippen molar-refractivity contribution in [1.29, 1.82) is 5.41 Å². The van der Waals surface area contributed by atoms with Crippen molar-refractivity contribution < 1.29 is 23.9 Å². The van der Waals surface area contributed by atoms with Crippen molar-refractivity contribution in [3.05, 3.63) is 28.8 Å². The van der Waals surface area contributed by atoms with Crippen molar-refractivity contribution in [2.45, 2.75) is 19.4 Å². The number of carbonyl (C=O) groups is 3. The average molecular weight is 358 g/mol. The smallest absolute Gasteiger partial charge is 0.312 e. The number of nitrogens with two attached hydrogens (primary N) is 1. The van der Waals surface area contributed by atoms with E-state index in [0.29, 0.717) is 0 Å². The maximum atomic E-state index is 12.4. The zero-order valence-electron chi connectivity index (χ0n) is 12.8. The molecule has 1 rings (SSSR count). The summed E-state index contributed by atoms with van der Waals surface area (Å²) in [6.07, 6.45) is -0.478. The Hall–Kier alpha value is -2.48. The quantitative estimate of drug-likeness (QED) is 0.415. The topological polar surface area (TPSA) is 133 Å². The average Bonchev–Trinajstić information content (AvgIpc) is 2.53. The molecule has 130 valence electrons. The number of benzene rings is 1. The Morgan fingerprint density at radius 2 is 2.04 bits per heavy atom. The van der Waals surface area contributed by atoms with E-state index in [1.165, 1.54) is 25.1 Å². The predicted octanol–water partition coefficient (Wildman–Crippen LogP) is 1.69. The van der Waals surface area contributed by atoms with Crippen molar-refractivity contribution in [1.82, 2.24) is 5.32 Å². The first-order valence-corrected chi connectivity index (χ1v) is 7.34. The van der Waals surface area contributed by atoms with Crippen LogP contribution in [-0.2, 0) is 9.59 Å². The Labute approximate surface area is 142 Å². The Bertz CT molecular complexity index is 681. The molecule has 1 amide bonds. The number of carbonyl (C=O) groups excluding carboxylic acids is 2. The fourth-order valence-electron chi connectivity index (χ4n) is 1.92. The molecular weight excluding hydrogens is 341 g/mol. The summed E-state index contributed by atoms with van der Waals surface area (Å²) in [7, 11) is 0. The summed E-state index contributed by atoms with van der Waals surface area (Å²) in [4.78, 5) is 35.1. The maximum absolute atomic E-state index is 12.4. The fourth-order valence-corrected chi connectivity index (χ4v) is 2.10. The minimum Gasteiger partial charge on any atom is -0.481 e. The molecule has 9 heteroatoms. The lowest BCUT2D eigenvalue weighted by molar-refractivity contribution is -0.140. The summed E-state index contributed by atoms with van der Waals surface area (Å²) in [5.74, 6) is -4.55. The second kappa shape index (κ2) is 8.39. The van der Waals surface area contributed by atoms with Gasteiger partial charge < -0.3 is 21.6 Å². The van der Waals surface area contributed by atoms with E-state index in [1.54, 1.807) is 0 Å². The number of alkyl halides is 1. The number of ketones is 1. The van der Waals surface area contributed by atoms with Crippen LogP contribution >= 0.6 is 11.6 Å². The molecule has 5 N–H and O–H groups in total. The van der Waals surface area contributed by atoms with Gasteiger partial charge in [-0.25, -0.2) is 0 Å². The standard InChI is InChI=1S/C15H17ClFN3O4/c1-7(13(21)12(19)9(4-5-17)15(23)24)20-14(22)8-2-3-11(18)10(16)6-8/h2-3,6-7,9,19H,4-5,18H2,1H3,(H,20,22)(H,23,24). The number of anilines is 1. The third-order valence-corrected chi connectivity index (χ3v) is 3.64. The van der Waals surface area contributed by atoms with E-state index in [2.05, 4.69) is 5.32 Å². The third kappa shape index (κ3) is 4.76. The van der Waals surface area contributed by atoms with Crippen molar-refractivity contribution in [3.63, 3.8) is 0 Å². The summed E-state index contributed by atoms with van der Waals surface area (Å²) >= 11 is 5.81. The van der Waals surface area contributed by atoms with Crippen LogP contribution in [0.3, 0.4) is 0 Å². The molecule has 0 fully saturated rings. The van der Waals surface area contributed by atoms with Gasteiger partial charge in [0.1, 0.15) is 5.92 Å². The summed E-state index contributed by atoms with van der Waals surface area (Å²) in [6, 6.07) is 3.00. The molecule has 7 nitrogen and oxygen atoms in total. The molecule has 0 aliphatic carbocycles. The first kappa shape index (κ1) is 19.6. The van der Waals surface area contributed by atoms with Gasteiger partial charge in [0.15, 0.2) is 5.78 Å². The Kier molecular flexibility index (Phi) is 6.84. The molecule has 0 heterocycles. The summed E-state index contributed by atoms with van der Waals surface area (Å²) < 4.78 is 12.4. The van der Waals surface area contributed by atoms with Crippen molar-refractivity contribution in [2.24, 2.45) is 5.92 Å². The largest absolute Gasteiger partial charge is 0.481 e. The van der Waals surface area contributed by atoms with Gasteiger partial charge in [0.25, 0.3) is 5.91 Å². The van der Waals surface area contributed by atoms with Gasteiger partial charge in [-0.15, -0.1) is 0 Å². The molecule has 2 atom stereocenters. The predicted molar refractivity (Wildman–Crippen MR) is 87.2 cm³/mol. The Morgan fingerprint density at radius 3 is 2.54 bits per heavy atom. The number of nitrogens with one attached hydrogen (secondary N) is 2. The monoisotopic (exact) mass is 357 g/mol. The minimum absolute atomic E-state index is 0.152. The molecule has 0 aliphatic heterocycles. The van der Waals surface area contributed by atoms with Crippen LogP contribution in [0.5, 0.6) is 0 Å². The molecule has 0 spiro atoms. The molecule has 0 radical (unpaired) electrons. The highest BCUT2D eigenvalue weighted by Crippen LogP contribution is 2.19. The molecule has 2 unspecified atom stereocenters. The van der Waals surface area contributed by atoms with Crippen molar-refractivity contribution >= 4 is 40.7 Å². The van der Waals surface area contributed by atoms with Crippen LogP contribution < -0.4 is 11.1 Å². The van der Waals surface area contributed by atoms with Gasteiger partial charge in [-0.1, -0.05) is 11.6 Å². The lowest BCUT2D eigenvalue weighted by Gasteiger charge is -2.17. The highest BCUT2D eigenvalue weighted by molar-refractivity contribution is 6.44. The van der Waals surface area contributed by atoms with Crippen LogP contribution in [0.4, 0.5) is 10.1 Å². The van der Waals surface area contributed by atoms with E-state index < -0.39 is 48.4 Å². The number of nitrogen functional groups attached to an aromatic ring is 1. The van der Waals surface area contributed by atoms with Gasteiger partial charge >= 0.3 is 5.97 Å². The van der Waals surface area contributed by atoms with Crippen LogP contribution in [0, 0.1) is 11.3 Å². The number of aliphatic carboxylic acids is 1. The Morgan fingerprint density at radius 1 is 1.42 bits per heavy atom. The maximum Gasteiger partial charge on any atom is 0.312 e. The van der Waals surface area contributed by atoms with Gasteiger partial charge in [-0.2, -0.15) is 0 Å². The Balaban J connectivity index is 2.81. The van der Waals surface area contributed by atoms with Crippen LogP contribution in [0.1, 0.15) is 23.7 Å². The molecule has 0 saturated carbocycles. The van der Waals surface area contributed by atoms with E-state index in [9.17, 15) is 18.8 Å². The van der Waals surface area contributed by atoms with Gasteiger partial charge in [0.2, 0.25) is 0 Å². The lowest BCUT2D eigenvalue weighted by atomic mass is 9.94. The second-order valence-electron chi connectivity index (χ2n) is 5.08. The second-order valence-corrected chi connectivity index (χ2v) is 5.49. The van der Waals surface area contributed by atoms with Crippen LogP contribution in [-0.4, -0.2) is 41.2 Å². The number of rotatable bonds is 8. The number of carboxylic acids is 1. The molecular formula is C15H17ClFN3O4. The SMILES string of the molecule is CC(NC(=O)c1ccc(N)c(Cl)c1)C(=O)C(=N)C(CCF)C(=O)O. The van der Waals surface area contributed by atoms with Gasteiger partial charge in [-0.05, 0) is 31.5 Å². The van der Waals surface area contributed by atoms with E-state index >= 15 is 0 Å². The lowest BCUT2D eigenvalue weighted by Crippen LogP contribution is -2.44. The van der Waals surface area contributed by atoms with Gasteiger partial charge in [0.05, 0.1) is 29.1 Å². The molecule has 0 bridgehead atoms. The fraction of sp³-hybridized carbons (Fsp3) is 0.333. The molecule has 0 aromatic heterocycles. The first-order chi connectivity index (χ1) is 11.2. The number of carboxylic acid groups (broad SMARTS) is 1. The van der Waals surface area contributed by atoms with E-state index in [1.807, 2.05) is 0 Å². The number of hydrogen-bond acceptors (Lipinski definition) is 5. The molecule has 0 saturated heterocycles. The number of halogens is 2. The summed E-state index contributed by atoms with van der Waals surface area (Å²) in [6.45, 7) is 0.333. The number of Topliss-reactive ketones (excluding diaryl/α,β-unsaturated/α-hetero) is 1. The van der Waals surface area contributed by atoms with Crippen LogP contribution in [0.25, 0.3) is 0 Å². The normalized spacial score (nSPS) is 13.0. The third-order valence-electron chi connectivity index (χ3n) is 3.31. The molecule has 1 aromatic rings. The summed E-state index contributed by atoms with van der Waals surface area (Å²) in [5, 5.41) is 19.1. The zero-order chi connectivity index (χ0) is 18.4. The summed E-state index contributed by atoms with van der Waals surface area (Å²) in [5.41, 5.74) is 5.21. The van der Waals surface area contributed by atoms with E-state index in [-0.39, 0.29) is 16.3 Å². The van der Waals surface area contributed by atoms with E-state index in [4.69, 9.17) is 27.9 Å². The number of amides is 1. The van der Waals surface area contributed by atoms with Gasteiger partial charge in [-0.3, -0.25) is 18.8 Å². The highest BCUT2D eigenvalue weighted by Gasteiger charge is 2.31. The van der Waals surface area contributed by atoms with Crippen LogP contribution in [0.2, 0.25) is 5.02 Å².